The van der Waals surface area contributed by atoms with E-state index in [1.165, 1.54) is 48.9 Å². The van der Waals surface area contributed by atoms with Crippen LogP contribution in [0.4, 0.5) is 17.1 Å². The van der Waals surface area contributed by atoms with Gasteiger partial charge in [-0.15, -0.1) is 0 Å². The lowest BCUT2D eigenvalue weighted by molar-refractivity contribution is 0.670. The van der Waals surface area contributed by atoms with E-state index in [4.69, 9.17) is 4.42 Å². The summed E-state index contributed by atoms with van der Waals surface area (Å²) in [5.41, 5.74) is 13.1. The van der Waals surface area contributed by atoms with E-state index in [1.807, 2.05) is 12.1 Å². The normalized spacial score (nSPS) is 11.7. The highest BCUT2D eigenvalue weighted by Crippen LogP contribution is 2.43. The van der Waals surface area contributed by atoms with E-state index in [9.17, 15) is 0 Å². The molecule has 0 fully saturated rings. The van der Waals surface area contributed by atoms with E-state index < -0.39 is 0 Å². The Kier molecular flexibility index (Phi) is 7.54. The number of anilines is 3. The van der Waals surface area contributed by atoms with E-state index in [0.29, 0.717) is 0 Å². The highest BCUT2D eigenvalue weighted by atomic mass is 16.3. The molecule has 0 bridgehead atoms. The van der Waals surface area contributed by atoms with E-state index in [2.05, 4.69) is 216 Å². The standard InChI is InChI=1S/C56H36N2O/c1-2-16-44-37(13-1)27-28-39-31-34-43(36-51(39)44)57(42-15-11-14-40(35-42)46-21-12-22-50-49-20-6-10-26-55(49)59-56(46)50)41-32-29-38(30-33-41)45-17-3-7-23-52(45)58-53-24-8-4-18-47(53)48-19-5-9-25-54(48)58/h1-36H. The van der Waals surface area contributed by atoms with Gasteiger partial charge in [-0.3, -0.25) is 0 Å². The van der Waals surface area contributed by atoms with Crippen molar-refractivity contribution in [2.75, 3.05) is 4.90 Å². The number of hydrogen-bond donors (Lipinski definition) is 0. The number of benzene rings is 10. The minimum Gasteiger partial charge on any atom is -0.455 e. The van der Waals surface area contributed by atoms with Crippen LogP contribution in [0, 0.1) is 0 Å². The molecular formula is C56H36N2O. The lowest BCUT2D eigenvalue weighted by atomic mass is 9.99. The SMILES string of the molecule is c1cc(-c2cccc3c2oc2ccccc23)cc(N(c2ccc(-c3ccccc3-n3c4ccccc4c4ccccc43)cc2)c2ccc3ccc4ccccc4c3c2)c1. The van der Waals surface area contributed by atoms with Crippen LogP contribution in [-0.2, 0) is 0 Å². The van der Waals surface area contributed by atoms with Crippen LogP contribution in [0.3, 0.4) is 0 Å². The predicted octanol–water partition coefficient (Wildman–Crippen LogP) is 15.8. The van der Waals surface area contributed by atoms with Crippen molar-refractivity contribution in [1.82, 2.24) is 4.57 Å². The lowest BCUT2D eigenvalue weighted by Gasteiger charge is -2.27. The molecule has 0 atom stereocenters. The Hall–Kier alpha value is -7.88. The molecule has 3 heteroatoms. The Balaban J connectivity index is 1.02. The molecule has 0 saturated heterocycles. The molecule has 2 heterocycles. The fraction of sp³-hybridized carbons (Fsp3) is 0. The first-order valence-corrected chi connectivity index (χ1v) is 20.2. The first-order valence-electron chi connectivity index (χ1n) is 20.2. The zero-order chi connectivity index (χ0) is 38.9. The molecule has 0 aliphatic heterocycles. The van der Waals surface area contributed by atoms with Gasteiger partial charge in [-0.05, 0) is 93.3 Å². The van der Waals surface area contributed by atoms with E-state index in [0.717, 1.165) is 61.4 Å². The summed E-state index contributed by atoms with van der Waals surface area (Å²) in [6.07, 6.45) is 0. The number of nitrogens with zero attached hydrogens (tertiary/aromatic N) is 2. The van der Waals surface area contributed by atoms with E-state index >= 15 is 0 Å². The molecule has 12 rings (SSSR count). The second kappa shape index (κ2) is 13.4. The maximum atomic E-state index is 6.52. The number of para-hydroxylation sites is 5. The highest BCUT2D eigenvalue weighted by Gasteiger charge is 2.19. The molecule has 0 radical (unpaired) electrons. The van der Waals surface area contributed by atoms with Gasteiger partial charge >= 0.3 is 0 Å². The summed E-state index contributed by atoms with van der Waals surface area (Å²) in [6, 6.07) is 78.8. The summed E-state index contributed by atoms with van der Waals surface area (Å²) in [6.45, 7) is 0. The first kappa shape index (κ1) is 33.3. The van der Waals surface area contributed by atoms with Gasteiger partial charge in [0.15, 0.2) is 0 Å². The van der Waals surface area contributed by atoms with Gasteiger partial charge in [-0.1, -0.05) is 158 Å². The Morgan fingerprint density at radius 1 is 0.339 bits per heavy atom. The second-order valence-electron chi connectivity index (χ2n) is 15.3. The molecule has 0 spiro atoms. The maximum Gasteiger partial charge on any atom is 0.143 e. The van der Waals surface area contributed by atoms with Crippen LogP contribution in [0.2, 0.25) is 0 Å². The van der Waals surface area contributed by atoms with Crippen molar-refractivity contribution < 1.29 is 4.42 Å². The lowest BCUT2D eigenvalue weighted by Crippen LogP contribution is -2.10. The van der Waals surface area contributed by atoms with Gasteiger partial charge in [0.1, 0.15) is 11.2 Å². The predicted molar refractivity (Wildman–Crippen MR) is 249 cm³/mol. The van der Waals surface area contributed by atoms with Crippen molar-refractivity contribution in [2.24, 2.45) is 0 Å². The highest BCUT2D eigenvalue weighted by molar-refractivity contribution is 6.12. The molecule has 2 aromatic heterocycles. The summed E-state index contributed by atoms with van der Waals surface area (Å²) in [7, 11) is 0. The van der Waals surface area contributed by atoms with Gasteiger partial charge < -0.3 is 13.9 Å². The van der Waals surface area contributed by atoms with Crippen LogP contribution in [0.15, 0.2) is 223 Å². The first-order chi connectivity index (χ1) is 29.3. The van der Waals surface area contributed by atoms with Crippen LogP contribution < -0.4 is 4.90 Å². The third-order valence-electron chi connectivity index (χ3n) is 12.0. The zero-order valence-electron chi connectivity index (χ0n) is 32.1. The quantitative estimate of drug-likeness (QED) is 0.158. The average Bonchev–Trinajstić information content (AvgIpc) is 3.86. The Morgan fingerprint density at radius 2 is 0.915 bits per heavy atom. The van der Waals surface area contributed by atoms with Crippen molar-refractivity contribution in [3.63, 3.8) is 0 Å². The van der Waals surface area contributed by atoms with Crippen LogP contribution in [0.5, 0.6) is 0 Å². The fourth-order valence-electron chi connectivity index (χ4n) is 9.25. The summed E-state index contributed by atoms with van der Waals surface area (Å²) in [5, 5.41) is 9.69. The van der Waals surface area contributed by atoms with Gasteiger partial charge in [-0.2, -0.15) is 0 Å². The van der Waals surface area contributed by atoms with Crippen LogP contribution in [-0.4, -0.2) is 4.57 Å². The molecule has 0 aliphatic rings. The van der Waals surface area contributed by atoms with E-state index in [-0.39, 0.29) is 0 Å². The third kappa shape index (κ3) is 5.36. The molecule has 0 amide bonds. The second-order valence-corrected chi connectivity index (χ2v) is 15.3. The van der Waals surface area contributed by atoms with Crippen molar-refractivity contribution in [2.45, 2.75) is 0 Å². The number of aromatic nitrogens is 1. The van der Waals surface area contributed by atoms with Crippen molar-refractivity contribution in [3.05, 3.63) is 218 Å². The molecule has 276 valence electrons. The van der Waals surface area contributed by atoms with Gasteiger partial charge in [0.25, 0.3) is 0 Å². The van der Waals surface area contributed by atoms with Crippen molar-refractivity contribution >= 4 is 82.4 Å². The van der Waals surface area contributed by atoms with Gasteiger partial charge in [0.2, 0.25) is 0 Å². The molecule has 59 heavy (non-hydrogen) atoms. The average molecular weight is 753 g/mol. The number of fused-ring (bicyclic) bond motifs is 9. The summed E-state index contributed by atoms with van der Waals surface area (Å²) in [4.78, 5) is 2.38. The smallest absolute Gasteiger partial charge is 0.143 e. The van der Waals surface area contributed by atoms with Crippen LogP contribution in [0.1, 0.15) is 0 Å². The zero-order valence-corrected chi connectivity index (χ0v) is 32.1. The number of hydrogen-bond acceptors (Lipinski definition) is 2. The van der Waals surface area contributed by atoms with Crippen molar-refractivity contribution in [1.29, 1.82) is 0 Å². The molecule has 10 aromatic carbocycles. The Bertz CT molecular complexity index is 3520. The number of furan rings is 1. The van der Waals surface area contributed by atoms with Gasteiger partial charge in [0, 0.05) is 49.7 Å². The van der Waals surface area contributed by atoms with Crippen LogP contribution in [0.25, 0.3) is 93.2 Å². The Morgan fingerprint density at radius 3 is 1.73 bits per heavy atom. The molecular weight excluding hydrogens is 717 g/mol. The molecule has 3 nitrogen and oxygen atoms in total. The topological polar surface area (TPSA) is 21.3 Å². The summed E-state index contributed by atoms with van der Waals surface area (Å²) >= 11 is 0. The monoisotopic (exact) mass is 752 g/mol. The molecule has 0 N–H and O–H groups in total. The minimum absolute atomic E-state index is 0.899. The molecule has 0 unspecified atom stereocenters. The van der Waals surface area contributed by atoms with Crippen LogP contribution >= 0.6 is 0 Å². The minimum atomic E-state index is 0.899. The summed E-state index contributed by atoms with van der Waals surface area (Å²) < 4.78 is 8.93. The fourth-order valence-corrected chi connectivity index (χ4v) is 9.25. The third-order valence-corrected chi connectivity index (χ3v) is 12.0. The van der Waals surface area contributed by atoms with Gasteiger partial charge in [-0.25, -0.2) is 0 Å². The molecule has 12 aromatic rings. The van der Waals surface area contributed by atoms with Gasteiger partial charge in [0.05, 0.1) is 16.7 Å². The molecule has 0 saturated carbocycles. The largest absolute Gasteiger partial charge is 0.455 e. The molecule has 0 aliphatic carbocycles. The number of rotatable bonds is 6. The maximum absolute atomic E-state index is 6.52. The summed E-state index contributed by atoms with van der Waals surface area (Å²) in [5.74, 6) is 0. The van der Waals surface area contributed by atoms with Crippen molar-refractivity contribution in [3.8, 4) is 27.9 Å². The Labute approximate surface area is 341 Å². The van der Waals surface area contributed by atoms with E-state index in [1.54, 1.807) is 0 Å².